The number of sulfonamides is 1. The van der Waals surface area contributed by atoms with Crippen molar-refractivity contribution in [2.45, 2.75) is 30.3 Å². The summed E-state index contributed by atoms with van der Waals surface area (Å²) < 4.78 is 27.3. The first-order valence-electron chi connectivity index (χ1n) is 9.27. The summed E-state index contributed by atoms with van der Waals surface area (Å²) in [6.45, 7) is 2.20. The van der Waals surface area contributed by atoms with Crippen LogP contribution in [0.15, 0.2) is 41.3 Å². The number of piperidine rings is 1. The first kappa shape index (κ1) is 20.6. The lowest BCUT2D eigenvalue weighted by molar-refractivity contribution is -0.384. The number of rotatable bonds is 3. The van der Waals surface area contributed by atoms with Crippen molar-refractivity contribution in [2.75, 3.05) is 18.4 Å². The van der Waals surface area contributed by atoms with Crippen molar-refractivity contribution in [1.29, 1.82) is 0 Å². The molecule has 1 spiro atoms. The van der Waals surface area contributed by atoms with Crippen LogP contribution in [-0.2, 0) is 10.0 Å². The Morgan fingerprint density at radius 3 is 2.53 bits per heavy atom. The van der Waals surface area contributed by atoms with Crippen LogP contribution in [0.2, 0.25) is 5.02 Å². The lowest BCUT2D eigenvalue weighted by Crippen LogP contribution is -2.62. The van der Waals surface area contributed by atoms with Gasteiger partial charge >= 0.3 is 0 Å². The third-order valence-corrected chi connectivity index (χ3v) is 7.78. The molecule has 0 bridgehead atoms. The Labute approximate surface area is 178 Å². The number of nitrogens with one attached hydrogen (secondary N) is 2. The van der Waals surface area contributed by atoms with E-state index < -0.39 is 26.3 Å². The van der Waals surface area contributed by atoms with E-state index in [0.29, 0.717) is 18.4 Å². The zero-order chi connectivity index (χ0) is 21.7. The molecule has 30 heavy (non-hydrogen) atoms. The van der Waals surface area contributed by atoms with Crippen LogP contribution < -0.4 is 10.6 Å². The topological polar surface area (TPSA) is 122 Å². The molecule has 1 amide bonds. The Morgan fingerprint density at radius 2 is 1.87 bits per heavy atom. The molecule has 0 aliphatic carbocycles. The van der Waals surface area contributed by atoms with E-state index in [1.807, 2.05) is 19.1 Å². The monoisotopic (exact) mass is 450 g/mol. The molecule has 1 fully saturated rings. The van der Waals surface area contributed by atoms with E-state index in [1.165, 1.54) is 16.4 Å². The van der Waals surface area contributed by atoms with Gasteiger partial charge in [-0.1, -0.05) is 23.7 Å². The summed E-state index contributed by atoms with van der Waals surface area (Å²) in [4.78, 5) is 22.8. The molecule has 0 unspecified atom stereocenters. The molecule has 9 nitrogen and oxygen atoms in total. The fourth-order valence-electron chi connectivity index (χ4n) is 3.88. The molecule has 0 aromatic heterocycles. The Morgan fingerprint density at radius 1 is 1.17 bits per heavy atom. The zero-order valence-corrected chi connectivity index (χ0v) is 17.6. The molecule has 2 heterocycles. The van der Waals surface area contributed by atoms with Gasteiger partial charge in [-0.3, -0.25) is 14.9 Å². The van der Waals surface area contributed by atoms with Crippen molar-refractivity contribution < 1.29 is 18.1 Å². The van der Waals surface area contributed by atoms with Gasteiger partial charge in [0, 0.05) is 32.0 Å². The van der Waals surface area contributed by atoms with Gasteiger partial charge in [-0.15, -0.1) is 0 Å². The maximum absolute atomic E-state index is 13.0. The molecular formula is C19H19ClN4O5S. The number of hydrogen-bond acceptors (Lipinski definition) is 6. The fraction of sp³-hybridized carbons (Fsp3) is 0.316. The van der Waals surface area contributed by atoms with Gasteiger partial charge in [-0.25, -0.2) is 8.42 Å². The predicted octanol–water partition coefficient (Wildman–Crippen LogP) is 2.89. The van der Waals surface area contributed by atoms with Crippen LogP contribution in [0.3, 0.4) is 0 Å². The van der Waals surface area contributed by atoms with Crippen LogP contribution in [0, 0.1) is 17.0 Å². The zero-order valence-electron chi connectivity index (χ0n) is 16.0. The highest BCUT2D eigenvalue weighted by Gasteiger charge is 2.43. The van der Waals surface area contributed by atoms with E-state index >= 15 is 0 Å². The van der Waals surface area contributed by atoms with E-state index in [2.05, 4.69) is 10.6 Å². The number of para-hydroxylation sites is 1. The maximum Gasteiger partial charge on any atom is 0.289 e. The van der Waals surface area contributed by atoms with Crippen molar-refractivity contribution in [2.24, 2.45) is 0 Å². The molecule has 4 rings (SSSR count). The summed E-state index contributed by atoms with van der Waals surface area (Å²) in [7, 11) is -3.94. The van der Waals surface area contributed by atoms with Gasteiger partial charge in [-0.05, 0) is 30.7 Å². The summed E-state index contributed by atoms with van der Waals surface area (Å²) in [6, 6.07) is 8.90. The number of anilines is 1. The Hall–Kier alpha value is -2.69. The van der Waals surface area contributed by atoms with Gasteiger partial charge in [0.2, 0.25) is 10.0 Å². The highest BCUT2D eigenvalue weighted by molar-refractivity contribution is 7.89. The molecule has 0 saturated carbocycles. The second-order valence-corrected chi connectivity index (χ2v) is 9.78. The molecule has 2 aromatic carbocycles. The molecule has 158 valence electrons. The van der Waals surface area contributed by atoms with Crippen molar-refractivity contribution in [3.05, 3.63) is 62.7 Å². The number of hydrogen-bond donors (Lipinski definition) is 2. The van der Waals surface area contributed by atoms with Gasteiger partial charge in [0.15, 0.2) is 0 Å². The molecule has 11 heteroatoms. The van der Waals surface area contributed by atoms with Gasteiger partial charge in [0.05, 0.1) is 21.1 Å². The summed E-state index contributed by atoms with van der Waals surface area (Å²) in [5, 5.41) is 17.4. The standard InChI is InChI=1S/C19H19ClN4O5S/c1-12-3-2-4-14-17(12)21-19(22-18(14)25)7-9-23(10-8-19)30(28,29)13-5-6-15(20)16(11-13)24(26)27/h2-6,11,21H,7-10H2,1H3,(H,22,25). The maximum atomic E-state index is 13.0. The van der Waals surface area contributed by atoms with Crippen LogP contribution in [0.1, 0.15) is 28.8 Å². The first-order chi connectivity index (χ1) is 14.1. The van der Waals surface area contributed by atoms with Crippen molar-refractivity contribution in [3.8, 4) is 0 Å². The Kier molecular flexibility index (Phi) is 4.95. The van der Waals surface area contributed by atoms with E-state index in [4.69, 9.17) is 11.6 Å². The minimum Gasteiger partial charge on any atom is -0.362 e. The number of halogens is 1. The number of nitrogens with zero attached hydrogens (tertiary/aromatic N) is 2. The third kappa shape index (κ3) is 3.40. The number of aryl methyl sites for hydroxylation is 1. The van der Waals surface area contributed by atoms with Crippen molar-refractivity contribution in [1.82, 2.24) is 9.62 Å². The lowest BCUT2D eigenvalue weighted by Gasteiger charge is -2.45. The number of benzene rings is 2. The van der Waals surface area contributed by atoms with Crippen molar-refractivity contribution >= 4 is 38.9 Å². The van der Waals surface area contributed by atoms with Crippen molar-refractivity contribution in [3.63, 3.8) is 0 Å². The highest BCUT2D eigenvalue weighted by Crippen LogP contribution is 2.35. The molecule has 2 aliphatic rings. The number of nitro groups is 1. The Balaban J connectivity index is 1.56. The molecule has 2 N–H and O–H groups in total. The molecule has 0 radical (unpaired) electrons. The summed E-state index contributed by atoms with van der Waals surface area (Å²) in [5.41, 5.74) is 1.05. The molecule has 2 aromatic rings. The summed E-state index contributed by atoms with van der Waals surface area (Å²) in [5.74, 6) is -0.197. The lowest BCUT2D eigenvalue weighted by atomic mass is 9.92. The van der Waals surface area contributed by atoms with Gasteiger partial charge < -0.3 is 10.6 Å². The average Bonchev–Trinajstić information content (AvgIpc) is 2.69. The van der Waals surface area contributed by atoms with Crippen LogP contribution >= 0.6 is 11.6 Å². The number of fused-ring (bicyclic) bond motifs is 1. The first-order valence-corrected chi connectivity index (χ1v) is 11.1. The average molecular weight is 451 g/mol. The summed E-state index contributed by atoms with van der Waals surface area (Å²) >= 11 is 5.79. The van der Waals surface area contributed by atoms with Gasteiger partial charge in [0.25, 0.3) is 11.6 Å². The summed E-state index contributed by atoms with van der Waals surface area (Å²) in [6.07, 6.45) is 0.697. The van der Waals surface area contributed by atoms with Gasteiger partial charge in [-0.2, -0.15) is 4.31 Å². The predicted molar refractivity (Wildman–Crippen MR) is 111 cm³/mol. The second-order valence-electron chi connectivity index (χ2n) is 7.43. The van der Waals surface area contributed by atoms with Crippen LogP contribution in [-0.4, -0.2) is 42.3 Å². The molecule has 1 saturated heterocycles. The van der Waals surface area contributed by atoms with Crippen LogP contribution in [0.25, 0.3) is 0 Å². The van der Waals surface area contributed by atoms with Gasteiger partial charge in [0.1, 0.15) is 10.7 Å². The highest BCUT2D eigenvalue weighted by atomic mass is 35.5. The Bertz CT molecular complexity index is 1160. The smallest absolute Gasteiger partial charge is 0.289 e. The number of carbonyl (C=O) groups excluding carboxylic acids is 1. The van der Waals surface area contributed by atoms with E-state index in [9.17, 15) is 23.3 Å². The second kappa shape index (κ2) is 7.22. The van der Waals surface area contributed by atoms with Crippen LogP contribution in [0.5, 0.6) is 0 Å². The molecular weight excluding hydrogens is 432 g/mol. The van der Waals surface area contributed by atoms with Crippen LogP contribution in [0.4, 0.5) is 11.4 Å². The molecule has 0 atom stereocenters. The van der Waals surface area contributed by atoms with E-state index in [1.54, 1.807) is 6.07 Å². The number of carbonyl (C=O) groups is 1. The fourth-order valence-corrected chi connectivity index (χ4v) is 5.53. The normalized spacial score (nSPS) is 18.4. The quantitative estimate of drug-likeness (QED) is 0.547. The molecule has 2 aliphatic heterocycles. The number of nitro benzene ring substituents is 1. The minimum atomic E-state index is -3.94. The SMILES string of the molecule is Cc1cccc2c1NC1(CCN(S(=O)(=O)c3ccc(Cl)c([N+](=O)[O-])c3)CC1)NC2=O. The van der Waals surface area contributed by atoms with E-state index in [-0.39, 0.29) is 28.9 Å². The largest absolute Gasteiger partial charge is 0.362 e. The third-order valence-electron chi connectivity index (χ3n) is 5.56. The minimum absolute atomic E-state index is 0.125. The number of amides is 1. The van der Waals surface area contributed by atoms with E-state index in [0.717, 1.165) is 17.3 Å².